The van der Waals surface area contributed by atoms with E-state index in [4.69, 9.17) is 5.11 Å². The van der Waals surface area contributed by atoms with E-state index in [1.807, 2.05) is 19.9 Å². The lowest BCUT2D eigenvalue weighted by molar-refractivity contribution is 0.414. The zero-order valence-corrected chi connectivity index (χ0v) is 7.18. The lowest BCUT2D eigenvalue weighted by atomic mass is 10.0. The Morgan fingerprint density at radius 1 is 1.00 bits per heavy atom. The van der Waals surface area contributed by atoms with Crippen molar-refractivity contribution < 1.29 is 5.11 Å². The average molecular weight is 149 g/mol. The highest BCUT2D eigenvalue weighted by molar-refractivity contribution is 5.38. The molecular formula is C10H13O. The van der Waals surface area contributed by atoms with Crippen LogP contribution in [0.15, 0.2) is 12.1 Å². The van der Waals surface area contributed by atoms with Gasteiger partial charge in [-0.1, -0.05) is 12.1 Å². The van der Waals surface area contributed by atoms with Gasteiger partial charge in [0, 0.05) is 0 Å². The second kappa shape index (κ2) is 3.05. The molecule has 0 aliphatic rings. The van der Waals surface area contributed by atoms with Crippen LogP contribution in [0.2, 0.25) is 0 Å². The average Bonchev–Trinajstić information content (AvgIpc) is 1.97. The van der Waals surface area contributed by atoms with E-state index in [-0.39, 0.29) is 0 Å². The van der Waals surface area contributed by atoms with Crippen LogP contribution in [0.3, 0.4) is 0 Å². The number of aliphatic hydroxyl groups is 1. The second-order valence-corrected chi connectivity index (χ2v) is 2.92. The molecule has 0 heterocycles. The summed E-state index contributed by atoms with van der Waals surface area (Å²) in [5, 5.41) is 8.81. The minimum atomic E-state index is 0.910. The molecule has 0 atom stereocenters. The van der Waals surface area contributed by atoms with Gasteiger partial charge in [-0.25, -0.2) is 0 Å². The fraction of sp³-hybridized carbons (Fsp3) is 0.300. The topological polar surface area (TPSA) is 20.2 Å². The molecule has 1 radical (unpaired) electrons. The Kier molecular flexibility index (Phi) is 2.30. The molecule has 0 bridgehead atoms. The minimum absolute atomic E-state index is 0.910. The van der Waals surface area contributed by atoms with E-state index in [1.54, 1.807) is 0 Å². The Morgan fingerprint density at radius 2 is 1.55 bits per heavy atom. The maximum absolute atomic E-state index is 8.81. The van der Waals surface area contributed by atoms with E-state index < -0.39 is 0 Å². The summed E-state index contributed by atoms with van der Waals surface area (Å²) in [5.74, 6) is 0. The maximum Gasteiger partial charge on any atom is 0.109 e. The Labute approximate surface area is 67.7 Å². The first-order chi connectivity index (χ1) is 5.15. The van der Waals surface area contributed by atoms with Crippen molar-refractivity contribution in [3.63, 3.8) is 0 Å². The highest BCUT2D eigenvalue weighted by atomic mass is 16.3. The van der Waals surface area contributed by atoms with Crippen molar-refractivity contribution in [2.75, 3.05) is 0 Å². The van der Waals surface area contributed by atoms with Crippen molar-refractivity contribution in [2.45, 2.75) is 20.8 Å². The fourth-order valence-corrected chi connectivity index (χ4v) is 1.12. The molecule has 0 spiro atoms. The molecule has 0 aliphatic heterocycles. The van der Waals surface area contributed by atoms with Crippen LogP contribution in [0.5, 0.6) is 0 Å². The van der Waals surface area contributed by atoms with E-state index >= 15 is 0 Å². The van der Waals surface area contributed by atoms with Crippen LogP contribution in [0.1, 0.15) is 22.3 Å². The van der Waals surface area contributed by atoms with Crippen LogP contribution in [-0.2, 0) is 0 Å². The van der Waals surface area contributed by atoms with Gasteiger partial charge in [-0.15, -0.1) is 0 Å². The third kappa shape index (κ3) is 1.60. The summed E-state index contributed by atoms with van der Waals surface area (Å²) in [6.07, 6.45) is 0. The summed E-state index contributed by atoms with van der Waals surface area (Å²) in [5.41, 5.74) is 4.52. The molecule has 11 heavy (non-hydrogen) atoms. The molecule has 1 nitrogen and oxygen atoms in total. The molecule has 0 unspecified atom stereocenters. The van der Waals surface area contributed by atoms with Crippen molar-refractivity contribution in [3.05, 3.63) is 41.0 Å². The van der Waals surface area contributed by atoms with Crippen LogP contribution in [0.25, 0.3) is 0 Å². The monoisotopic (exact) mass is 149 g/mol. The van der Waals surface area contributed by atoms with E-state index in [9.17, 15) is 0 Å². The third-order valence-corrected chi connectivity index (χ3v) is 2.02. The maximum atomic E-state index is 8.81. The van der Waals surface area contributed by atoms with E-state index in [0.717, 1.165) is 17.7 Å². The quantitative estimate of drug-likeness (QED) is 0.650. The van der Waals surface area contributed by atoms with Gasteiger partial charge in [0.25, 0.3) is 0 Å². The minimum Gasteiger partial charge on any atom is -0.385 e. The lowest BCUT2D eigenvalue weighted by Crippen LogP contribution is -1.90. The van der Waals surface area contributed by atoms with Gasteiger partial charge in [-0.3, -0.25) is 0 Å². The fourth-order valence-electron chi connectivity index (χ4n) is 1.12. The summed E-state index contributed by atoms with van der Waals surface area (Å²) >= 11 is 0. The standard InChI is InChI=1S/C10H13O/c1-7-4-9(3)10(6-11)5-8(7)2/h4-6,11H,1-3H3. The Bertz CT molecular complexity index is 264. The predicted octanol–water partition coefficient (Wildman–Crippen LogP) is 2.49. The summed E-state index contributed by atoms with van der Waals surface area (Å²) in [7, 11) is 0. The van der Waals surface area contributed by atoms with Crippen LogP contribution in [0, 0.1) is 27.4 Å². The van der Waals surface area contributed by atoms with Crippen LogP contribution in [-0.4, -0.2) is 5.11 Å². The van der Waals surface area contributed by atoms with Crippen LogP contribution < -0.4 is 0 Å². The molecule has 1 aromatic carbocycles. The van der Waals surface area contributed by atoms with Gasteiger partial charge < -0.3 is 5.11 Å². The van der Waals surface area contributed by atoms with E-state index in [1.165, 1.54) is 11.1 Å². The molecule has 0 saturated carbocycles. The molecule has 0 fully saturated rings. The Hall–Kier alpha value is -0.820. The molecule has 0 amide bonds. The third-order valence-electron chi connectivity index (χ3n) is 2.02. The molecule has 1 N–H and O–H groups in total. The Balaban J connectivity index is 3.21. The first kappa shape index (κ1) is 8.28. The van der Waals surface area contributed by atoms with Gasteiger partial charge in [0.05, 0.1) is 0 Å². The lowest BCUT2D eigenvalue weighted by Gasteiger charge is -2.05. The molecule has 1 heteroatoms. The van der Waals surface area contributed by atoms with Crippen LogP contribution >= 0.6 is 0 Å². The van der Waals surface area contributed by atoms with Crippen molar-refractivity contribution >= 4 is 0 Å². The molecule has 0 aliphatic carbocycles. The zero-order valence-electron chi connectivity index (χ0n) is 7.18. The summed E-state index contributed by atoms with van der Waals surface area (Å²) in [4.78, 5) is 0. The van der Waals surface area contributed by atoms with Crippen molar-refractivity contribution in [2.24, 2.45) is 0 Å². The summed E-state index contributed by atoms with van der Waals surface area (Å²) in [6.45, 7) is 7.27. The number of hydrogen-bond donors (Lipinski definition) is 1. The van der Waals surface area contributed by atoms with Gasteiger partial charge >= 0.3 is 0 Å². The molecular weight excluding hydrogens is 136 g/mol. The highest BCUT2D eigenvalue weighted by Gasteiger charge is 1.99. The first-order valence-corrected chi connectivity index (χ1v) is 3.70. The largest absolute Gasteiger partial charge is 0.385 e. The SMILES string of the molecule is Cc1cc(C)c([CH]O)cc1C. The van der Waals surface area contributed by atoms with Gasteiger partial charge in [-0.05, 0) is 43.0 Å². The number of aryl methyl sites for hydroxylation is 3. The number of hydrogen-bond acceptors (Lipinski definition) is 1. The molecule has 1 aromatic rings. The number of rotatable bonds is 1. The van der Waals surface area contributed by atoms with Gasteiger partial charge in [0.15, 0.2) is 0 Å². The molecule has 0 aromatic heterocycles. The van der Waals surface area contributed by atoms with Crippen LogP contribution in [0.4, 0.5) is 0 Å². The highest BCUT2D eigenvalue weighted by Crippen LogP contribution is 2.15. The van der Waals surface area contributed by atoms with Gasteiger partial charge in [-0.2, -0.15) is 0 Å². The van der Waals surface area contributed by atoms with E-state index in [0.29, 0.717) is 0 Å². The number of benzene rings is 1. The molecule has 1 rings (SSSR count). The summed E-state index contributed by atoms with van der Waals surface area (Å²) in [6, 6.07) is 4.07. The smallest absolute Gasteiger partial charge is 0.109 e. The normalized spacial score (nSPS) is 10.2. The summed E-state index contributed by atoms with van der Waals surface area (Å²) < 4.78 is 0. The van der Waals surface area contributed by atoms with E-state index in [2.05, 4.69) is 13.0 Å². The first-order valence-electron chi connectivity index (χ1n) is 3.70. The van der Waals surface area contributed by atoms with Gasteiger partial charge in [0.1, 0.15) is 6.61 Å². The second-order valence-electron chi connectivity index (χ2n) is 2.92. The van der Waals surface area contributed by atoms with Crippen molar-refractivity contribution in [1.82, 2.24) is 0 Å². The van der Waals surface area contributed by atoms with Crippen molar-refractivity contribution in [1.29, 1.82) is 0 Å². The zero-order chi connectivity index (χ0) is 8.43. The molecule has 59 valence electrons. The van der Waals surface area contributed by atoms with Gasteiger partial charge in [0.2, 0.25) is 0 Å². The van der Waals surface area contributed by atoms with Crippen molar-refractivity contribution in [3.8, 4) is 0 Å². The molecule has 0 saturated heterocycles. The number of aliphatic hydroxyl groups excluding tert-OH is 1. The predicted molar refractivity (Wildman–Crippen MR) is 46.0 cm³/mol. The Morgan fingerprint density at radius 3 is 2.09 bits per heavy atom.